The molecule has 58 valence electrons. The number of likely N-dealkylation sites (N-methyl/N-ethyl adjacent to an activating group) is 1. The van der Waals surface area contributed by atoms with Crippen molar-refractivity contribution in [1.29, 1.82) is 0 Å². The van der Waals surface area contributed by atoms with Gasteiger partial charge in [0.25, 0.3) is 5.91 Å². The lowest BCUT2D eigenvalue weighted by atomic mass is 10.5. The van der Waals surface area contributed by atoms with E-state index in [1.54, 1.807) is 20.4 Å². The number of nitroso groups, excluding NO2 is 1. The van der Waals surface area contributed by atoms with Crippen molar-refractivity contribution in [1.82, 2.24) is 4.90 Å². The normalized spacial score (nSPS) is 12.3. The fraction of sp³-hybridized carbons (Fsp3) is 0.800. The molecule has 0 radical (unpaired) electrons. The Hall–Kier alpha value is -0.580. The molecule has 4 nitrogen and oxygen atoms in total. The van der Waals surface area contributed by atoms with Gasteiger partial charge in [-0.25, -0.2) is 0 Å². The number of rotatable bonds is 3. The zero-order chi connectivity index (χ0) is 8.15. The molecule has 0 aliphatic carbocycles. The largest absolute Gasteiger partial charge is 0.346 e. The molecule has 0 aliphatic heterocycles. The Morgan fingerprint density at radius 3 is 2.20 bits per heavy atom. The van der Waals surface area contributed by atoms with E-state index in [2.05, 4.69) is 5.18 Å². The van der Waals surface area contributed by atoms with Crippen LogP contribution in [-0.2, 0) is 4.79 Å². The zero-order valence-corrected chi connectivity index (χ0v) is 7.01. The third-order valence-electron chi connectivity index (χ3n) is 0.971. The molecule has 0 fully saturated rings. The quantitative estimate of drug-likeness (QED) is 0.569. The molecule has 0 saturated carbocycles. The van der Waals surface area contributed by atoms with Crippen molar-refractivity contribution >= 4 is 17.7 Å². The topological polar surface area (TPSA) is 49.7 Å². The molecule has 0 aromatic rings. The van der Waals surface area contributed by atoms with Crippen molar-refractivity contribution in [3.05, 3.63) is 4.91 Å². The first-order chi connectivity index (χ1) is 4.63. The van der Waals surface area contributed by atoms with Gasteiger partial charge in [0.2, 0.25) is 5.37 Å². The van der Waals surface area contributed by atoms with E-state index in [-0.39, 0.29) is 5.91 Å². The van der Waals surface area contributed by atoms with E-state index in [9.17, 15) is 9.70 Å². The van der Waals surface area contributed by atoms with E-state index in [1.807, 2.05) is 0 Å². The van der Waals surface area contributed by atoms with Gasteiger partial charge in [-0.05, 0) is 11.4 Å². The summed E-state index contributed by atoms with van der Waals surface area (Å²) < 4.78 is 0. The lowest BCUT2D eigenvalue weighted by Gasteiger charge is -2.11. The number of hydrogen-bond acceptors (Lipinski definition) is 4. The van der Waals surface area contributed by atoms with Crippen molar-refractivity contribution in [2.24, 2.45) is 5.18 Å². The van der Waals surface area contributed by atoms with Gasteiger partial charge in [0.15, 0.2) is 0 Å². The van der Waals surface area contributed by atoms with Crippen molar-refractivity contribution in [2.75, 3.05) is 20.4 Å². The van der Waals surface area contributed by atoms with Gasteiger partial charge >= 0.3 is 0 Å². The second-order valence-electron chi connectivity index (χ2n) is 1.93. The molecular weight excluding hydrogens is 152 g/mol. The summed E-state index contributed by atoms with van der Waals surface area (Å²) in [5.41, 5.74) is 0. The highest BCUT2D eigenvalue weighted by atomic mass is 32.2. The number of nitrogens with zero attached hydrogens (tertiary/aromatic N) is 2. The number of thioether (sulfide) groups is 1. The Morgan fingerprint density at radius 1 is 1.60 bits per heavy atom. The molecule has 10 heavy (non-hydrogen) atoms. The highest BCUT2D eigenvalue weighted by Crippen LogP contribution is 2.09. The highest BCUT2D eigenvalue weighted by Gasteiger charge is 2.18. The lowest BCUT2D eigenvalue weighted by Crippen LogP contribution is -2.29. The molecule has 0 aliphatic rings. The van der Waals surface area contributed by atoms with E-state index < -0.39 is 5.37 Å². The van der Waals surface area contributed by atoms with Gasteiger partial charge in [-0.15, -0.1) is 16.7 Å². The molecule has 1 unspecified atom stereocenters. The van der Waals surface area contributed by atoms with Crippen LogP contribution in [0.25, 0.3) is 0 Å². The van der Waals surface area contributed by atoms with Crippen LogP contribution in [-0.4, -0.2) is 36.5 Å². The van der Waals surface area contributed by atoms with Gasteiger partial charge in [-0.1, -0.05) is 0 Å². The van der Waals surface area contributed by atoms with Gasteiger partial charge in [-0.3, -0.25) is 4.79 Å². The van der Waals surface area contributed by atoms with Crippen LogP contribution in [0.2, 0.25) is 0 Å². The highest BCUT2D eigenvalue weighted by molar-refractivity contribution is 7.99. The third-order valence-corrected chi connectivity index (χ3v) is 1.71. The maximum absolute atomic E-state index is 10.9. The van der Waals surface area contributed by atoms with Crippen molar-refractivity contribution in [3.8, 4) is 0 Å². The van der Waals surface area contributed by atoms with Crippen LogP contribution in [0, 0.1) is 4.91 Å². The Balaban J connectivity index is 4.02. The zero-order valence-electron chi connectivity index (χ0n) is 6.20. The average Bonchev–Trinajstić information content (AvgIpc) is 1.90. The van der Waals surface area contributed by atoms with Crippen LogP contribution in [0.5, 0.6) is 0 Å². The minimum atomic E-state index is -0.782. The minimum absolute atomic E-state index is 0.262. The Morgan fingerprint density at radius 2 is 2.10 bits per heavy atom. The van der Waals surface area contributed by atoms with Crippen LogP contribution in [0.1, 0.15) is 0 Å². The first-order valence-electron chi connectivity index (χ1n) is 2.70. The van der Waals surface area contributed by atoms with Crippen molar-refractivity contribution in [2.45, 2.75) is 5.37 Å². The summed E-state index contributed by atoms with van der Waals surface area (Å²) in [6, 6.07) is 0. The summed E-state index contributed by atoms with van der Waals surface area (Å²) in [6.07, 6.45) is 1.67. The maximum atomic E-state index is 10.9. The summed E-state index contributed by atoms with van der Waals surface area (Å²) in [7, 11) is 3.19. The average molecular weight is 162 g/mol. The third kappa shape index (κ3) is 2.34. The smallest absolute Gasteiger partial charge is 0.260 e. The summed E-state index contributed by atoms with van der Waals surface area (Å²) in [4.78, 5) is 22.2. The van der Waals surface area contributed by atoms with Crippen LogP contribution >= 0.6 is 11.8 Å². The first kappa shape index (κ1) is 9.42. The molecule has 1 atom stereocenters. The summed E-state index contributed by atoms with van der Waals surface area (Å²) in [5.74, 6) is -0.262. The minimum Gasteiger partial charge on any atom is -0.346 e. The molecule has 0 aromatic carbocycles. The fourth-order valence-corrected chi connectivity index (χ4v) is 0.908. The van der Waals surface area contributed by atoms with E-state index in [4.69, 9.17) is 0 Å². The molecule has 0 spiro atoms. The predicted octanol–water partition coefficient (Wildman–Crippen LogP) is 0.530. The molecule has 1 amide bonds. The number of hydrogen-bond donors (Lipinski definition) is 0. The Labute approximate surface area is 63.9 Å². The van der Waals surface area contributed by atoms with E-state index in [1.165, 1.54) is 4.90 Å². The van der Waals surface area contributed by atoms with Gasteiger partial charge < -0.3 is 4.90 Å². The summed E-state index contributed by atoms with van der Waals surface area (Å²) in [5, 5.41) is 1.87. The molecule has 0 N–H and O–H groups in total. The lowest BCUT2D eigenvalue weighted by molar-refractivity contribution is -0.127. The van der Waals surface area contributed by atoms with Crippen LogP contribution in [0.15, 0.2) is 5.18 Å². The first-order valence-corrected chi connectivity index (χ1v) is 3.98. The van der Waals surface area contributed by atoms with E-state index >= 15 is 0 Å². The second kappa shape index (κ2) is 4.27. The van der Waals surface area contributed by atoms with Crippen LogP contribution < -0.4 is 0 Å². The van der Waals surface area contributed by atoms with E-state index in [0.29, 0.717) is 0 Å². The number of amides is 1. The van der Waals surface area contributed by atoms with Gasteiger partial charge in [0.1, 0.15) is 0 Å². The number of carbonyl (C=O) groups is 1. The van der Waals surface area contributed by atoms with Gasteiger partial charge in [0, 0.05) is 14.1 Å². The van der Waals surface area contributed by atoms with Crippen molar-refractivity contribution in [3.63, 3.8) is 0 Å². The van der Waals surface area contributed by atoms with Gasteiger partial charge in [0.05, 0.1) is 0 Å². The van der Waals surface area contributed by atoms with Gasteiger partial charge in [-0.2, -0.15) is 0 Å². The van der Waals surface area contributed by atoms with Crippen LogP contribution in [0.4, 0.5) is 0 Å². The second-order valence-corrected chi connectivity index (χ2v) is 2.84. The van der Waals surface area contributed by atoms with Crippen molar-refractivity contribution < 1.29 is 4.79 Å². The molecule has 5 heteroatoms. The summed E-state index contributed by atoms with van der Waals surface area (Å²) >= 11 is 1.14. The Bertz CT molecular complexity index is 138. The summed E-state index contributed by atoms with van der Waals surface area (Å²) in [6.45, 7) is 0. The maximum Gasteiger partial charge on any atom is 0.260 e. The molecule has 0 rings (SSSR count). The molecule has 0 heterocycles. The molecule has 0 saturated heterocycles. The molecule has 0 bridgehead atoms. The standard InChI is InChI=1S/C5H10N2O2S/c1-7(2)5(8)4(6-9)10-3/h4H,1-3H3. The van der Waals surface area contributed by atoms with Crippen LogP contribution in [0.3, 0.4) is 0 Å². The SMILES string of the molecule is CSC(N=O)C(=O)N(C)C. The molecular formula is C5H10N2O2S. The number of carbonyl (C=O) groups excluding carboxylic acids is 1. The predicted molar refractivity (Wildman–Crippen MR) is 41.8 cm³/mol. The monoisotopic (exact) mass is 162 g/mol. The van der Waals surface area contributed by atoms with E-state index in [0.717, 1.165) is 11.8 Å². The Kier molecular flexibility index (Phi) is 4.02. The fourth-order valence-electron chi connectivity index (χ4n) is 0.410. The molecule has 0 aromatic heterocycles.